The van der Waals surface area contributed by atoms with E-state index < -0.39 is 6.10 Å². The van der Waals surface area contributed by atoms with Crippen LogP contribution in [0.5, 0.6) is 0 Å². The molecule has 0 aliphatic rings. The van der Waals surface area contributed by atoms with Crippen molar-refractivity contribution in [2.75, 3.05) is 6.54 Å². The van der Waals surface area contributed by atoms with Gasteiger partial charge in [0.05, 0.1) is 6.10 Å². The van der Waals surface area contributed by atoms with Crippen LogP contribution in [0.1, 0.15) is 22.8 Å². The molecule has 3 N–H and O–H groups in total. The van der Waals surface area contributed by atoms with Crippen molar-refractivity contribution in [3.05, 3.63) is 71.0 Å². The third-order valence-corrected chi connectivity index (χ3v) is 3.25. The highest BCUT2D eigenvalue weighted by atomic mass is 19.1. The van der Waals surface area contributed by atoms with Crippen molar-refractivity contribution in [2.45, 2.75) is 19.6 Å². The monoisotopic (exact) mass is 302 g/mol. The van der Waals surface area contributed by atoms with Crippen LogP contribution in [0.2, 0.25) is 0 Å². The van der Waals surface area contributed by atoms with Gasteiger partial charge in [-0.3, -0.25) is 0 Å². The minimum Gasteiger partial charge on any atom is -0.387 e. The molecule has 5 heteroatoms. The topological polar surface area (TPSA) is 61.4 Å². The van der Waals surface area contributed by atoms with Crippen molar-refractivity contribution < 1.29 is 14.3 Å². The van der Waals surface area contributed by atoms with Gasteiger partial charge in [-0.25, -0.2) is 9.18 Å². The van der Waals surface area contributed by atoms with Gasteiger partial charge in [-0.05, 0) is 30.2 Å². The fourth-order valence-electron chi connectivity index (χ4n) is 2.06. The van der Waals surface area contributed by atoms with Gasteiger partial charge < -0.3 is 15.7 Å². The smallest absolute Gasteiger partial charge is 0.315 e. The Morgan fingerprint density at radius 3 is 2.59 bits per heavy atom. The molecule has 116 valence electrons. The summed E-state index contributed by atoms with van der Waals surface area (Å²) in [6, 6.07) is 13.0. The number of carbonyl (C=O) groups excluding carboxylic acids is 1. The summed E-state index contributed by atoms with van der Waals surface area (Å²) in [5.41, 5.74) is 2.70. The zero-order chi connectivity index (χ0) is 15.9. The second-order valence-electron chi connectivity index (χ2n) is 5.12. The van der Waals surface area contributed by atoms with Crippen molar-refractivity contribution in [1.29, 1.82) is 0 Å². The van der Waals surface area contributed by atoms with Crippen LogP contribution in [0.15, 0.2) is 48.5 Å². The molecule has 2 aromatic carbocycles. The van der Waals surface area contributed by atoms with Gasteiger partial charge in [0.25, 0.3) is 0 Å². The van der Waals surface area contributed by atoms with Gasteiger partial charge in [-0.15, -0.1) is 0 Å². The highest BCUT2D eigenvalue weighted by Gasteiger charge is 2.09. The van der Waals surface area contributed by atoms with Crippen LogP contribution in [-0.2, 0) is 6.54 Å². The number of hydrogen-bond acceptors (Lipinski definition) is 2. The number of benzene rings is 2. The number of carbonyl (C=O) groups is 1. The van der Waals surface area contributed by atoms with Gasteiger partial charge in [-0.2, -0.15) is 0 Å². The third kappa shape index (κ3) is 4.86. The molecular formula is C17H19FN2O2. The molecule has 0 aliphatic carbocycles. The van der Waals surface area contributed by atoms with Crippen molar-refractivity contribution in [3.63, 3.8) is 0 Å². The molecule has 0 heterocycles. The van der Waals surface area contributed by atoms with Crippen molar-refractivity contribution in [2.24, 2.45) is 0 Å². The van der Waals surface area contributed by atoms with E-state index in [0.29, 0.717) is 12.1 Å². The SMILES string of the molecule is Cc1cccc(CNC(=O)NCC(O)c2ccc(F)cc2)c1. The van der Waals surface area contributed by atoms with E-state index in [4.69, 9.17) is 0 Å². The Morgan fingerprint density at radius 2 is 1.91 bits per heavy atom. The van der Waals surface area contributed by atoms with E-state index in [0.717, 1.165) is 11.1 Å². The Morgan fingerprint density at radius 1 is 1.18 bits per heavy atom. The predicted octanol–water partition coefficient (Wildman–Crippen LogP) is 2.67. The lowest BCUT2D eigenvalue weighted by atomic mass is 10.1. The summed E-state index contributed by atoms with van der Waals surface area (Å²) in [5, 5.41) is 15.2. The van der Waals surface area contributed by atoms with E-state index in [2.05, 4.69) is 10.6 Å². The average Bonchev–Trinajstić information content (AvgIpc) is 2.51. The molecule has 0 spiro atoms. The number of amides is 2. The molecule has 0 aromatic heterocycles. The van der Waals surface area contributed by atoms with Crippen LogP contribution in [0, 0.1) is 12.7 Å². The number of aliphatic hydroxyl groups is 1. The highest BCUT2D eigenvalue weighted by molar-refractivity contribution is 5.73. The van der Waals surface area contributed by atoms with E-state index in [-0.39, 0.29) is 18.4 Å². The summed E-state index contributed by atoms with van der Waals surface area (Å²) in [6.45, 7) is 2.47. The van der Waals surface area contributed by atoms with Crippen LogP contribution >= 0.6 is 0 Å². The number of urea groups is 1. The predicted molar refractivity (Wildman–Crippen MR) is 82.8 cm³/mol. The van der Waals surface area contributed by atoms with Gasteiger partial charge in [0.1, 0.15) is 5.82 Å². The summed E-state index contributed by atoms with van der Waals surface area (Å²) in [5.74, 6) is -0.361. The first-order chi connectivity index (χ1) is 10.5. The molecule has 22 heavy (non-hydrogen) atoms. The average molecular weight is 302 g/mol. The molecule has 2 rings (SSSR count). The van der Waals surface area contributed by atoms with E-state index in [1.807, 2.05) is 31.2 Å². The zero-order valence-electron chi connectivity index (χ0n) is 12.3. The van der Waals surface area contributed by atoms with Gasteiger partial charge >= 0.3 is 6.03 Å². The number of rotatable bonds is 5. The molecule has 4 nitrogen and oxygen atoms in total. The molecule has 1 atom stereocenters. The van der Waals surface area contributed by atoms with Crippen molar-refractivity contribution in [3.8, 4) is 0 Å². The lowest BCUT2D eigenvalue weighted by Gasteiger charge is -2.13. The standard InChI is InChI=1S/C17H19FN2O2/c1-12-3-2-4-13(9-12)10-19-17(22)20-11-16(21)14-5-7-15(18)8-6-14/h2-9,16,21H,10-11H2,1H3,(H2,19,20,22). The fourth-order valence-corrected chi connectivity index (χ4v) is 2.06. The Bertz CT molecular complexity index is 629. The normalized spacial score (nSPS) is 11.8. The maximum Gasteiger partial charge on any atom is 0.315 e. The summed E-state index contributed by atoms with van der Waals surface area (Å²) in [6.07, 6.45) is -0.870. The molecule has 0 saturated heterocycles. The van der Waals surface area contributed by atoms with Crippen molar-refractivity contribution >= 4 is 6.03 Å². The number of nitrogens with one attached hydrogen (secondary N) is 2. The van der Waals surface area contributed by atoms with E-state index in [1.54, 1.807) is 0 Å². The van der Waals surface area contributed by atoms with Crippen LogP contribution in [-0.4, -0.2) is 17.7 Å². The van der Waals surface area contributed by atoms with Crippen LogP contribution in [0.25, 0.3) is 0 Å². The Balaban J connectivity index is 1.76. The molecule has 0 fully saturated rings. The third-order valence-electron chi connectivity index (χ3n) is 3.25. The largest absolute Gasteiger partial charge is 0.387 e. The van der Waals surface area contributed by atoms with Crippen molar-refractivity contribution in [1.82, 2.24) is 10.6 Å². The van der Waals surface area contributed by atoms with Crippen LogP contribution in [0.3, 0.4) is 0 Å². The summed E-state index contributed by atoms with van der Waals surface area (Å²) >= 11 is 0. The first-order valence-electron chi connectivity index (χ1n) is 7.05. The maximum absolute atomic E-state index is 12.8. The number of aliphatic hydroxyl groups excluding tert-OH is 1. The number of hydrogen-bond donors (Lipinski definition) is 3. The van der Waals surface area contributed by atoms with E-state index >= 15 is 0 Å². The minimum atomic E-state index is -0.870. The van der Waals surface area contributed by atoms with Gasteiger partial charge in [0.15, 0.2) is 0 Å². The molecule has 1 unspecified atom stereocenters. The van der Waals surface area contributed by atoms with E-state index in [9.17, 15) is 14.3 Å². The maximum atomic E-state index is 12.8. The van der Waals surface area contributed by atoms with Gasteiger partial charge in [0.2, 0.25) is 0 Å². The van der Waals surface area contributed by atoms with Crippen LogP contribution in [0.4, 0.5) is 9.18 Å². The number of aryl methyl sites for hydroxylation is 1. The Hall–Kier alpha value is -2.40. The Labute approximate surface area is 129 Å². The van der Waals surface area contributed by atoms with Gasteiger partial charge in [-0.1, -0.05) is 42.0 Å². The summed E-state index contributed by atoms with van der Waals surface area (Å²) in [7, 11) is 0. The van der Waals surface area contributed by atoms with Crippen LogP contribution < -0.4 is 10.6 Å². The van der Waals surface area contributed by atoms with E-state index in [1.165, 1.54) is 24.3 Å². The molecule has 2 aromatic rings. The molecule has 2 amide bonds. The first kappa shape index (κ1) is 16.0. The second-order valence-corrected chi connectivity index (χ2v) is 5.12. The Kier molecular flexibility index (Phi) is 5.49. The second kappa shape index (κ2) is 7.56. The first-order valence-corrected chi connectivity index (χ1v) is 7.05. The molecule has 0 radical (unpaired) electrons. The summed E-state index contributed by atoms with van der Waals surface area (Å²) < 4.78 is 12.8. The fraction of sp³-hybridized carbons (Fsp3) is 0.235. The molecular weight excluding hydrogens is 283 g/mol. The molecule has 0 saturated carbocycles. The zero-order valence-corrected chi connectivity index (χ0v) is 12.3. The lowest BCUT2D eigenvalue weighted by molar-refractivity contribution is 0.173. The summed E-state index contributed by atoms with van der Waals surface area (Å²) in [4.78, 5) is 11.7. The molecule has 0 bridgehead atoms. The highest BCUT2D eigenvalue weighted by Crippen LogP contribution is 2.12. The lowest BCUT2D eigenvalue weighted by Crippen LogP contribution is -2.37. The van der Waals surface area contributed by atoms with Gasteiger partial charge in [0, 0.05) is 13.1 Å². The molecule has 0 aliphatic heterocycles. The minimum absolute atomic E-state index is 0.0608. The quantitative estimate of drug-likeness (QED) is 0.795. The number of halogens is 1.